The van der Waals surface area contributed by atoms with Crippen LogP contribution in [-0.4, -0.2) is 42.2 Å². The van der Waals surface area contributed by atoms with E-state index in [1.54, 1.807) is 43.9 Å². The highest BCUT2D eigenvalue weighted by Crippen LogP contribution is 2.35. The van der Waals surface area contributed by atoms with E-state index in [-0.39, 0.29) is 12.3 Å². The predicted molar refractivity (Wildman–Crippen MR) is 100 cm³/mol. The van der Waals surface area contributed by atoms with Crippen molar-refractivity contribution in [1.82, 2.24) is 4.90 Å². The lowest BCUT2D eigenvalue weighted by molar-refractivity contribution is -0.120. The molecule has 1 heterocycles. The first-order valence-electron chi connectivity index (χ1n) is 8.39. The average Bonchev–Trinajstić information content (AvgIpc) is 2.70. The summed E-state index contributed by atoms with van der Waals surface area (Å²) in [6.07, 6.45) is -0.792. The van der Waals surface area contributed by atoms with Crippen molar-refractivity contribution in [3.05, 3.63) is 33.8 Å². The van der Waals surface area contributed by atoms with E-state index in [4.69, 9.17) is 38.4 Å². The second-order valence-corrected chi connectivity index (χ2v) is 8.14. The first kappa shape index (κ1) is 20.8. The predicted octanol–water partition coefficient (Wildman–Crippen LogP) is 3.79. The lowest BCUT2D eigenvalue weighted by Gasteiger charge is -2.29. The van der Waals surface area contributed by atoms with Gasteiger partial charge in [-0.25, -0.2) is 4.79 Å². The van der Waals surface area contributed by atoms with E-state index in [1.165, 1.54) is 0 Å². The van der Waals surface area contributed by atoms with E-state index in [2.05, 4.69) is 0 Å². The van der Waals surface area contributed by atoms with Crippen molar-refractivity contribution in [2.24, 2.45) is 11.7 Å². The largest absolute Gasteiger partial charge is 0.444 e. The van der Waals surface area contributed by atoms with Crippen LogP contribution in [0.25, 0.3) is 0 Å². The number of benzene rings is 1. The topological polar surface area (TPSA) is 81.9 Å². The summed E-state index contributed by atoms with van der Waals surface area (Å²) in [5.74, 6) is -0.783. The van der Waals surface area contributed by atoms with Crippen molar-refractivity contribution in [2.75, 3.05) is 19.7 Å². The van der Waals surface area contributed by atoms with Gasteiger partial charge in [-0.05, 0) is 38.5 Å². The number of rotatable bonds is 3. The Kier molecular flexibility index (Phi) is 6.77. The van der Waals surface area contributed by atoms with E-state index in [1.807, 2.05) is 0 Å². The van der Waals surface area contributed by atoms with Gasteiger partial charge in [-0.2, -0.15) is 0 Å². The molecule has 6 nitrogen and oxygen atoms in total. The van der Waals surface area contributed by atoms with Crippen LogP contribution in [0, 0.1) is 5.92 Å². The molecule has 2 rings (SSSR count). The first-order chi connectivity index (χ1) is 12.1. The van der Waals surface area contributed by atoms with Crippen LogP contribution in [0.4, 0.5) is 4.79 Å². The summed E-state index contributed by atoms with van der Waals surface area (Å²) in [4.78, 5) is 25.6. The molecule has 2 atom stereocenters. The molecule has 0 spiro atoms. The van der Waals surface area contributed by atoms with Gasteiger partial charge in [0.05, 0.1) is 22.8 Å². The molecule has 1 aliphatic heterocycles. The van der Waals surface area contributed by atoms with Gasteiger partial charge in [-0.1, -0.05) is 29.3 Å². The zero-order chi connectivity index (χ0) is 19.5. The van der Waals surface area contributed by atoms with E-state index in [0.717, 1.165) is 5.56 Å². The fraction of sp³-hybridized carbons (Fsp3) is 0.556. The Bertz CT molecular complexity index is 676. The Balaban J connectivity index is 2.25. The van der Waals surface area contributed by atoms with Crippen molar-refractivity contribution in [3.63, 3.8) is 0 Å². The molecule has 2 amide bonds. The quantitative estimate of drug-likeness (QED) is 0.833. The molecule has 0 bridgehead atoms. The van der Waals surface area contributed by atoms with Gasteiger partial charge in [-0.15, -0.1) is 0 Å². The van der Waals surface area contributed by atoms with E-state index < -0.39 is 23.7 Å². The van der Waals surface area contributed by atoms with Gasteiger partial charge < -0.3 is 20.1 Å². The van der Waals surface area contributed by atoms with Crippen LogP contribution >= 0.6 is 23.2 Å². The maximum atomic E-state index is 12.4. The Morgan fingerprint density at radius 1 is 1.31 bits per heavy atom. The summed E-state index contributed by atoms with van der Waals surface area (Å²) in [6, 6.07) is 5.20. The molecule has 1 fully saturated rings. The number of carbonyl (C=O) groups excluding carboxylic acids is 2. The molecule has 0 radical (unpaired) electrons. The molecule has 2 unspecified atom stereocenters. The second-order valence-electron chi connectivity index (χ2n) is 7.32. The van der Waals surface area contributed by atoms with Gasteiger partial charge in [0.15, 0.2) is 0 Å². The van der Waals surface area contributed by atoms with Crippen molar-refractivity contribution >= 4 is 35.2 Å². The van der Waals surface area contributed by atoms with Gasteiger partial charge in [0, 0.05) is 25.4 Å². The Morgan fingerprint density at radius 3 is 2.58 bits per heavy atom. The molecule has 26 heavy (non-hydrogen) atoms. The molecule has 2 N–H and O–H groups in total. The molecule has 1 saturated heterocycles. The van der Waals surface area contributed by atoms with Crippen LogP contribution in [0.3, 0.4) is 0 Å². The third-order valence-electron chi connectivity index (χ3n) is 3.93. The summed E-state index contributed by atoms with van der Waals surface area (Å²) in [6.45, 7) is 6.38. The Morgan fingerprint density at radius 2 is 2.00 bits per heavy atom. The van der Waals surface area contributed by atoms with E-state index in [9.17, 15) is 9.59 Å². The molecular formula is C18H24Cl2N2O4. The van der Waals surface area contributed by atoms with Crippen molar-refractivity contribution < 1.29 is 19.1 Å². The summed E-state index contributed by atoms with van der Waals surface area (Å²) in [5, 5.41) is 0.838. The minimum absolute atomic E-state index is 0.0736. The normalized spacial score (nSPS) is 21.2. The Hall–Kier alpha value is -1.50. The van der Waals surface area contributed by atoms with Crippen LogP contribution in [0.15, 0.2) is 18.2 Å². The van der Waals surface area contributed by atoms with Gasteiger partial charge in [-0.3, -0.25) is 4.79 Å². The zero-order valence-electron chi connectivity index (χ0n) is 15.1. The van der Waals surface area contributed by atoms with Crippen molar-refractivity contribution in [3.8, 4) is 0 Å². The van der Waals surface area contributed by atoms with Crippen LogP contribution in [0.5, 0.6) is 0 Å². The standard InChI is InChI=1S/C18H24Cl2N2O4/c1-18(2,3)26-17(24)22-6-7-25-16(12(10-22)9-15(21)23)11-4-5-13(19)14(20)8-11/h4-5,8,12,16H,6-7,9-10H2,1-3H3,(H2,21,23). The Labute approximate surface area is 163 Å². The monoisotopic (exact) mass is 402 g/mol. The van der Waals surface area contributed by atoms with Gasteiger partial charge in [0.1, 0.15) is 5.60 Å². The van der Waals surface area contributed by atoms with Gasteiger partial charge in [0.25, 0.3) is 0 Å². The number of primary amides is 1. The molecule has 1 aromatic carbocycles. The summed E-state index contributed by atoms with van der Waals surface area (Å²) in [5.41, 5.74) is 5.60. The van der Waals surface area contributed by atoms with Gasteiger partial charge >= 0.3 is 6.09 Å². The number of ether oxygens (including phenoxy) is 2. The lowest BCUT2D eigenvalue weighted by atomic mass is 9.92. The highest BCUT2D eigenvalue weighted by atomic mass is 35.5. The molecule has 8 heteroatoms. The van der Waals surface area contributed by atoms with Crippen molar-refractivity contribution in [1.29, 1.82) is 0 Å². The van der Waals surface area contributed by atoms with Crippen LogP contribution in [0.1, 0.15) is 38.9 Å². The number of amides is 2. The lowest BCUT2D eigenvalue weighted by Crippen LogP contribution is -2.40. The van der Waals surface area contributed by atoms with Crippen LogP contribution < -0.4 is 5.73 Å². The summed E-state index contributed by atoms with van der Waals surface area (Å²) < 4.78 is 11.4. The number of halogens is 2. The van der Waals surface area contributed by atoms with E-state index in [0.29, 0.717) is 29.7 Å². The smallest absolute Gasteiger partial charge is 0.410 e. The molecule has 0 aromatic heterocycles. The molecule has 144 valence electrons. The number of hydrogen-bond donors (Lipinski definition) is 1. The third-order valence-corrected chi connectivity index (χ3v) is 4.67. The summed E-state index contributed by atoms with van der Waals surface area (Å²) >= 11 is 12.1. The maximum absolute atomic E-state index is 12.4. The highest BCUT2D eigenvalue weighted by molar-refractivity contribution is 6.42. The van der Waals surface area contributed by atoms with E-state index >= 15 is 0 Å². The van der Waals surface area contributed by atoms with Crippen LogP contribution in [-0.2, 0) is 14.3 Å². The molecule has 0 saturated carbocycles. The molecule has 1 aliphatic rings. The van der Waals surface area contributed by atoms with Crippen molar-refractivity contribution in [2.45, 2.75) is 38.9 Å². The minimum atomic E-state index is -0.605. The van der Waals surface area contributed by atoms with Crippen LogP contribution in [0.2, 0.25) is 10.0 Å². The number of hydrogen-bond acceptors (Lipinski definition) is 4. The molecule has 1 aromatic rings. The average molecular weight is 403 g/mol. The fourth-order valence-electron chi connectivity index (χ4n) is 2.88. The maximum Gasteiger partial charge on any atom is 0.410 e. The molecule has 0 aliphatic carbocycles. The number of carbonyl (C=O) groups is 2. The highest BCUT2D eigenvalue weighted by Gasteiger charge is 2.34. The SMILES string of the molecule is CC(C)(C)OC(=O)N1CCOC(c2ccc(Cl)c(Cl)c2)C(CC(N)=O)C1. The minimum Gasteiger partial charge on any atom is -0.444 e. The third kappa shape index (κ3) is 5.76. The first-order valence-corrected chi connectivity index (χ1v) is 9.15. The molecular weight excluding hydrogens is 379 g/mol. The number of nitrogens with two attached hydrogens (primary N) is 1. The summed E-state index contributed by atoms with van der Waals surface area (Å²) in [7, 11) is 0. The number of nitrogens with zero attached hydrogens (tertiary/aromatic N) is 1. The zero-order valence-corrected chi connectivity index (χ0v) is 16.6. The fourth-order valence-corrected chi connectivity index (χ4v) is 3.18. The van der Waals surface area contributed by atoms with Gasteiger partial charge in [0.2, 0.25) is 5.91 Å². The second kappa shape index (κ2) is 8.46.